The van der Waals surface area contributed by atoms with Crippen LogP contribution in [-0.4, -0.2) is 28.9 Å². The van der Waals surface area contributed by atoms with E-state index >= 15 is 0 Å². The lowest BCUT2D eigenvalue weighted by Crippen LogP contribution is -2.26. The van der Waals surface area contributed by atoms with Crippen LogP contribution in [-0.2, 0) is 6.61 Å². The normalized spacial score (nSPS) is 17.9. The van der Waals surface area contributed by atoms with Crippen LogP contribution in [0, 0.1) is 0 Å². The molecule has 3 aliphatic rings. The number of benzene rings is 1. The first-order chi connectivity index (χ1) is 15.0. The second kappa shape index (κ2) is 8.04. The summed E-state index contributed by atoms with van der Waals surface area (Å²) in [4.78, 5) is 12.8. The smallest absolute Gasteiger partial charge is 0.259 e. The van der Waals surface area contributed by atoms with Gasteiger partial charge in [0.2, 0.25) is 0 Å². The monoisotopic (exact) mass is 454 g/mol. The van der Waals surface area contributed by atoms with E-state index in [4.69, 9.17) is 33.3 Å². The zero-order chi connectivity index (χ0) is 21.5. The molecule has 0 saturated carbocycles. The van der Waals surface area contributed by atoms with Crippen molar-refractivity contribution >= 4 is 35.7 Å². The van der Waals surface area contributed by atoms with E-state index in [2.05, 4.69) is 12.0 Å². The molecule has 158 valence electrons. The second-order valence-electron chi connectivity index (χ2n) is 7.56. The molecule has 0 bridgehead atoms. The first-order valence-corrected chi connectivity index (χ1v) is 10.8. The van der Waals surface area contributed by atoms with E-state index in [-0.39, 0.29) is 12.2 Å². The summed E-state index contributed by atoms with van der Waals surface area (Å²) in [7, 11) is 0. The third-order valence-electron chi connectivity index (χ3n) is 5.66. The molecule has 1 aromatic heterocycles. The van der Waals surface area contributed by atoms with Crippen molar-refractivity contribution in [1.82, 2.24) is 9.88 Å². The molecule has 0 radical (unpaired) electrons. The van der Waals surface area contributed by atoms with E-state index < -0.39 is 0 Å². The van der Waals surface area contributed by atoms with Gasteiger partial charge in [-0.1, -0.05) is 29.3 Å². The Morgan fingerprint density at radius 1 is 1.23 bits per heavy atom. The Kier molecular flexibility index (Phi) is 5.22. The Morgan fingerprint density at radius 3 is 2.90 bits per heavy atom. The number of ether oxygens (including phenoxy) is 1. The molecule has 0 saturated heterocycles. The summed E-state index contributed by atoms with van der Waals surface area (Å²) in [5.41, 5.74) is 4.27. The highest BCUT2D eigenvalue weighted by atomic mass is 35.5. The van der Waals surface area contributed by atoms with E-state index in [1.165, 1.54) is 27.5 Å². The maximum Gasteiger partial charge on any atom is 0.259 e. The number of nitrogens with zero attached hydrogens (tertiary/aromatic N) is 3. The predicted molar refractivity (Wildman–Crippen MR) is 123 cm³/mol. The van der Waals surface area contributed by atoms with Crippen molar-refractivity contribution in [2.45, 2.75) is 19.4 Å². The molecule has 8 heteroatoms. The highest BCUT2D eigenvalue weighted by molar-refractivity contribution is 6.35. The van der Waals surface area contributed by atoms with Crippen LogP contribution in [0.1, 0.15) is 18.4 Å². The van der Waals surface area contributed by atoms with E-state index in [1.807, 2.05) is 10.7 Å². The minimum atomic E-state index is -0.216. The van der Waals surface area contributed by atoms with Crippen LogP contribution < -0.4 is 15.6 Å². The highest BCUT2D eigenvalue weighted by Crippen LogP contribution is 2.41. The number of hydrogen-bond donors (Lipinski definition) is 1. The third kappa shape index (κ3) is 3.71. The first-order valence-electron chi connectivity index (χ1n) is 10.00. The SMILES string of the molecule is C=[N+]1C2=C(CNCC2)C2=C1[N-]C(n1ccc(OCc3ccc(Cl)cc3Cl)cc1=O)=CC2. The van der Waals surface area contributed by atoms with Gasteiger partial charge in [0.25, 0.3) is 5.56 Å². The zero-order valence-electron chi connectivity index (χ0n) is 16.7. The van der Waals surface area contributed by atoms with Gasteiger partial charge in [-0.3, -0.25) is 9.36 Å². The molecule has 4 heterocycles. The average molecular weight is 455 g/mol. The summed E-state index contributed by atoms with van der Waals surface area (Å²) < 4.78 is 9.19. The summed E-state index contributed by atoms with van der Waals surface area (Å²) in [5, 5.41) is 9.24. The van der Waals surface area contributed by atoms with Crippen molar-refractivity contribution in [2.75, 3.05) is 13.1 Å². The number of halogens is 2. The van der Waals surface area contributed by atoms with Gasteiger partial charge in [0.15, 0.2) is 0 Å². The number of hydrogen-bond acceptors (Lipinski definition) is 3. The topological polar surface area (TPSA) is 60.4 Å². The Labute approximate surface area is 189 Å². The molecule has 0 spiro atoms. The van der Waals surface area contributed by atoms with Gasteiger partial charge in [-0.2, -0.15) is 0 Å². The van der Waals surface area contributed by atoms with Gasteiger partial charge < -0.3 is 14.6 Å². The average Bonchev–Trinajstić information content (AvgIpc) is 3.05. The molecule has 3 aliphatic heterocycles. The van der Waals surface area contributed by atoms with Crippen molar-refractivity contribution in [3.63, 3.8) is 0 Å². The van der Waals surface area contributed by atoms with Crippen LogP contribution in [0.4, 0.5) is 0 Å². The Balaban J connectivity index is 1.31. The Hall–Kier alpha value is -2.80. The lowest BCUT2D eigenvalue weighted by Gasteiger charge is -2.20. The van der Waals surface area contributed by atoms with Crippen molar-refractivity contribution in [1.29, 1.82) is 0 Å². The summed E-state index contributed by atoms with van der Waals surface area (Å²) >= 11 is 12.1. The fourth-order valence-electron chi connectivity index (χ4n) is 4.06. The van der Waals surface area contributed by atoms with Gasteiger partial charge in [-0.05, 0) is 43.0 Å². The lowest BCUT2D eigenvalue weighted by atomic mass is 9.99. The second-order valence-corrected chi connectivity index (χ2v) is 8.40. The molecule has 0 unspecified atom stereocenters. The van der Waals surface area contributed by atoms with Crippen LogP contribution >= 0.6 is 23.2 Å². The molecular formula is C23H20Cl2N4O2. The number of nitrogens with one attached hydrogen (secondary N) is 1. The third-order valence-corrected chi connectivity index (χ3v) is 6.25. The van der Waals surface area contributed by atoms with E-state index in [0.29, 0.717) is 21.6 Å². The van der Waals surface area contributed by atoms with Gasteiger partial charge in [-0.25, -0.2) is 5.32 Å². The van der Waals surface area contributed by atoms with Crippen molar-refractivity contribution < 1.29 is 9.31 Å². The van der Waals surface area contributed by atoms with Crippen LogP contribution in [0.25, 0.3) is 11.1 Å². The first kappa shape index (κ1) is 20.1. The number of aromatic nitrogens is 1. The van der Waals surface area contributed by atoms with Crippen LogP contribution in [0.15, 0.2) is 70.1 Å². The van der Waals surface area contributed by atoms with Crippen molar-refractivity contribution in [2.24, 2.45) is 0 Å². The van der Waals surface area contributed by atoms with E-state index in [9.17, 15) is 4.79 Å². The van der Waals surface area contributed by atoms with E-state index in [0.717, 1.165) is 37.3 Å². The molecular weight excluding hydrogens is 435 g/mol. The molecule has 0 amide bonds. The van der Waals surface area contributed by atoms with Gasteiger partial charge in [0.1, 0.15) is 24.0 Å². The van der Waals surface area contributed by atoms with Gasteiger partial charge in [-0.15, -0.1) is 0 Å². The maximum absolute atomic E-state index is 12.8. The molecule has 5 rings (SSSR count). The quantitative estimate of drug-likeness (QED) is 0.691. The molecule has 2 aromatic rings. The lowest BCUT2D eigenvalue weighted by molar-refractivity contribution is -0.408. The molecule has 6 nitrogen and oxygen atoms in total. The fraction of sp³-hybridized carbons (Fsp3) is 0.217. The van der Waals surface area contributed by atoms with Crippen LogP contribution in [0.5, 0.6) is 5.75 Å². The van der Waals surface area contributed by atoms with Crippen LogP contribution in [0.2, 0.25) is 10.0 Å². The molecule has 0 atom stereocenters. The van der Waals surface area contributed by atoms with Crippen molar-refractivity contribution in [3.8, 4) is 5.75 Å². The van der Waals surface area contributed by atoms with E-state index in [1.54, 1.807) is 30.5 Å². The molecule has 1 aromatic carbocycles. The fourth-order valence-corrected chi connectivity index (χ4v) is 4.52. The molecule has 31 heavy (non-hydrogen) atoms. The predicted octanol–water partition coefficient (Wildman–Crippen LogP) is 4.50. The Bertz CT molecular complexity index is 1260. The van der Waals surface area contributed by atoms with Crippen LogP contribution in [0.3, 0.4) is 0 Å². The minimum Gasteiger partial charge on any atom is -0.489 e. The van der Waals surface area contributed by atoms with Crippen molar-refractivity contribution in [3.05, 3.63) is 96.5 Å². The summed E-state index contributed by atoms with van der Waals surface area (Å²) in [5.74, 6) is 1.89. The number of rotatable bonds is 4. The highest BCUT2D eigenvalue weighted by Gasteiger charge is 2.31. The van der Waals surface area contributed by atoms with Gasteiger partial charge >= 0.3 is 0 Å². The largest absolute Gasteiger partial charge is 0.489 e. The maximum atomic E-state index is 12.8. The van der Waals surface area contributed by atoms with Gasteiger partial charge in [0.05, 0.1) is 0 Å². The minimum absolute atomic E-state index is 0.216. The number of fused-ring (bicyclic) bond motifs is 1. The van der Waals surface area contributed by atoms with Gasteiger partial charge in [0, 0.05) is 58.7 Å². The zero-order valence-corrected chi connectivity index (χ0v) is 18.2. The summed E-state index contributed by atoms with van der Waals surface area (Å²) in [6.07, 6.45) is 5.31. The Morgan fingerprint density at radius 2 is 2.10 bits per heavy atom. The standard InChI is InChI=1S/C23H20Cl2N4O2/c1-28-20-6-8-26-12-18(20)17-4-5-21(27-23(17)28)29-9-7-16(11-22(29)30)31-13-14-2-3-15(24)10-19(14)25/h2-3,5,7,9-11,26H,1,4,6,8,12-13H2. The summed E-state index contributed by atoms with van der Waals surface area (Å²) in [6, 6.07) is 8.42. The molecule has 0 fully saturated rings. The summed E-state index contributed by atoms with van der Waals surface area (Å²) in [6.45, 7) is 6.19. The number of allylic oxidation sites excluding steroid dienone is 1. The molecule has 0 aliphatic carbocycles. The number of pyridine rings is 1. The molecule has 1 N–H and O–H groups in total.